The number of amides is 1. The number of benzene rings is 1. The highest BCUT2D eigenvalue weighted by Gasteiger charge is 2.31. The summed E-state index contributed by atoms with van der Waals surface area (Å²) >= 11 is 0. The molecule has 2 N–H and O–H groups in total. The average molecular weight is 406 g/mol. The van der Waals surface area contributed by atoms with Gasteiger partial charge in [-0.25, -0.2) is 0 Å². The van der Waals surface area contributed by atoms with Crippen molar-refractivity contribution in [1.82, 2.24) is 0 Å². The van der Waals surface area contributed by atoms with Crippen LogP contribution in [-0.4, -0.2) is 17.0 Å². The largest absolute Gasteiger partial charge is 0.481 e. The van der Waals surface area contributed by atoms with Crippen molar-refractivity contribution in [3.8, 4) is 0 Å². The first-order chi connectivity index (χ1) is 14.0. The lowest BCUT2D eigenvalue weighted by Gasteiger charge is -2.30. The minimum atomic E-state index is -1.06. The maximum atomic E-state index is 12.7. The highest BCUT2D eigenvalue weighted by molar-refractivity contribution is 6.04. The number of furan rings is 1. The maximum absolute atomic E-state index is 12.7. The minimum absolute atomic E-state index is 0.0520. The Labute approximate surface area is 176 Å². The molecule has 30 heavy (non-hydrogen) atoms. The van der Waals surface area contributed by atoms with Gasteiger partial charge < -0.3 is 14.8 Å². The number of nitrogens with zero attached hydrogens (tertiary/aromatic N) is 1. The molecule has 0 aliphatic heterocycles. The molecule has 2 aromatic rings. The number of hydrogen-bond acceptors (Lipinski definition) is 3. The van der Waals surface area contributed by atoms with Crippen molar-refractivity contribution in [2.75, 3.05) is 5.32 Å². The molecule has 0 atom stereocenters. The van der Waals surface area contributed by atoms with E-state index in [1.54, 1.807) is 26.0 Å². The third-order valence-electron chi connectivity index (χ3n) is 5.77. The van der Waals surface area contributed by atoms with E-state index in [1.807, 2.05) is 6.07 Å². The number of carbonyl (C=O) groups is 2. The van der Waals surface area contributed by atoms with E-state index < -0.39 is 17.3 Å². The second-order valence-corrected chi connectivity index (χ2v) is 8.99. The van der Waals surface area contributed by atoms with Gasteiger partial charge in [-0.2, -0.15) is 4.85 Å². The molecule has 0 radical (unpaired) electrons. The molecule has 1 aromatic carbocycles. The number of nitrogens with one attached hydrogen (secondary N) is 1. The summed E-state index contributed by atoms with van der Waals surface area (Å²) in [7, 11) is 0. The quantitative estimate of drug-likeness (QED) is 0.593. The molecule has 1 aromatic heterocycles. The van der Waals surface area contributed by atoms with Crippen LogP contribution < -0.4 is 5.32 Å². The molecule has 0 bridgehead atoms. The van der Waals surface area contributed by atoms with Gasteiger partial charge in [0.15, 0.2) is 5.76 Å². The molecule has 1 amide bonds. The van der Waals surface area contributed by atoms with Crippen LogP contribution in [0.1, 0.15) is 68.6 Å². The van der Waals surface area contributed by atoms with Crippen LogP contribution in [0.25, 0.3) is 10.4 Å². The first-order valence-electron chi connectivity index (χ1n) is 9.89. The molecule has 6 nitrogen and oxygen atoms in total. The molecule has 3 rings (SSSR count). The van der Waals surface area contributed by atoms with Crippen LogP contribution in [0.4, 0.5) is 11.6 Å². The number of aliphatic carboxylic acids is 1. The smallest absolute Gasteiger partial charge is 0.346 e. The predicted molar refractivity (Wildman–Crippen MR) is 116 cm³/mol. The van der Waals surface area contributed by atoms with Crippen molar-refractivity contribution in [3.05, 3.63) is 64.7 Å². The van der Waals surface area contributed by atoms with E-state index in [0.29, 0.717) is 11.3 Å². The molecule has 6 heteroatoms. The van der Waals surface area contributed by atoms with E-state index >= 15 is 0 Å². The zero-order valence-electron chi connectivity index (χ0n) is 17.7. The van der Waals surface area contributed by atoms with Crippen molar-refractivity contribution < 1.29 is 19.1 Å². The topological polar surface area (TPSA) is 83.9 Å². The number of rotatable bonds is 5. The Hall–Kier alpha value is -3.33. The predicted octanol–water partition coefficient (Wildman–Crippen LogP) is 6.04. The second-order valence-electron chi connectivity index (χ2n) is 8.99. The monoisotopic (exact) mass is 406 g/mol. The SMILES string of the molecule is [C-]#[N+]c1ccc(C(=O)Nc2ccc(C(C)(C)C(=O)O)cc2C2=CCC(C)(C)CC2)o1. The third kappa shape index (κ3) is 4.30. The van der Waals surface area contributed by atoms with Crippen molar-refractivity contribution in [1.29, 1.82) is 0 Å². The molecule has 0 unspecified atom stereocenters. The van der Waals surface area contributed by atoms with Crippen LogP contribution in [0, 0.1) is 12.0 Å². The van der Waals surface area contributed by atoms with Gasteiger partial charge in [-0.3, -0.25) is 9.59 Å². The fraction of sp³-hybridized carbons (Fsp3) is 0.375. The summed E-state index contributed by atoms with van der Waals surface area (Å²) in [5.74, 6) is -1.25. The number of carboxylic acids is 1. The van der Waals surface area contributed by atoms with Crippen LogP contribution in [-0.2, 0) is 10.2 Å². The zero-order chi connectivity index (χ0) is 22.1. The van der Waals surface area contributed by atoms with Crippen LogP contribution >= 0.6 is 0 Å². The van der Waals surface area contributed by atoms with Gasteiger partial charge in [-0.05, 0) is 73.9 Å². The van der Waals surface area contributed by atoms with Crippen molar-refractivity contribution in [2.24, 2.45) is 5.41 Å². The molecular weight excluding hydrogens is 380 g/mol. The lowest BCUT2D eigenvalue weighted by Crippen LogP contribution is -2.28. The van der Waals surface area contributed by atoms with E-state index in [4.69, 9.17) is 11.0 Å². The summed E-state index contributed by atoms with van der Waals surface area (Å²) < 4.78 is 5.23. The Morgan fingerprint density at radius 3 is 2.53 bits per heavy atom. The fourth-order valence-corrected chi connectivity index (χ4v) is 3.45. The molecule has 0 saturated carbocycles. The maximum Gasteiger partial charge on any atom is 0.346 e. The highest BCUT2D eigenvalue weighted by Crippen LogP contribution is 2.41. The number of carboxylic acid groups (broad SMARTS) is 1. The lowest BCUT2D eigenvalue weighted by molar-refractivity contribution is -0.142. The van der Waals surface area contributed by atoms with Gasteiger partial charge >= 0.3 is 11.9 Å². The van der Waals surface area contributed by atoms with E-state index in [1.165, 1.54) is 12.1 Å². The Bertz CT molecular complexity index is 1070. The van der Waals surface area contributed by atoms with Crippen LogP contribution in [0.15, 0.2) is 40.8 Å². The van der Waals surface area contributed by atoms with Crippen molar-refractivity contribution in [3.63, 3.8) is 0 Å². The first kappa shape index (κ1) is 21.4. The van der Waals surface area contributed by atoms with Crippen LogP contribution in [0.5, 0.6) is 0 Å². The molecule has 1 heterocycles. The number of anilines is 1. The van der Waals surface area contributed by atoms with Gasteiger partial charge in [-0.1, -0.05) is 26.0 Å². The Morgan fingerprint density at radius 2 is 1.97 bits per heavy atom. The number of carbonyl (C=O) groups excluding carboxylic acids is 1. The van der Waals surface area contributed by atoms with E-state index in [0.717, 1.165) is 30.4 Å². The van der Waals surface area contributed by atoms with Gasteiger partial charge in [0.1, 0.15) is 0 Å². The van der Waals surface area contributed by atoms with Crippen LogP contribution in [0.2, 0.25) is 0 Å². The standard InChI is InChI=1S/C24H26N2O4/c1-23(2)12-10-15(11-13-23)17-14-16(24(3,4)22(28)29)6-7-18(17)26-21(27)19-8-9-20(25-5)30-19/h6-10,14H,11-13H2,1-4H3,(H,26,27)(H,28,29). The zero-order valence-corrected chi connectivity index (χ0v) is 17.7. The molecule has 0 spiro atoms. The summed E-state index contributed by atoms with van der Waals surface area (Å²) in [6.45, 7) is 14.8. The number of hydrogen-bond donors (Lipinski definition) is 2. The van der Waals surface area contributed by atoms with Gasteiger partial charge in [0, 0.05) is 11.3 Å². The highest BCUT2D eigenvalue weighted by atomic mass is 16.4. The van der Waals surface area contributed by atoms with Gasteiger partial charge in [0.05, 0.1) is 12.0 Å². The van der Waals surface area contributed by atoms with E-state index in [-0.39, 0.29) is 17.1 Å². The molecule has 156 valence electrons. The number of allylic oxidation sites excluding steroid dienone is 2. The first-order valence-corrected chi connectivity index (χ1v) is 9.89. The molecule has 1 aliphatic carbocycles. The Morgan fingerprint density at radius 1 is 1.23 bits per heavy atom. The van der Waals surface area contributed by atoms with Gasteiger partial charge in [-0.15, -0.1) is 0 Å². The minimum Gasteiger partial charge on any atom is -0.481 e. The molecule has 1 aliphatic rings. The molecular formula is C24H26N2O4. The third-order valence-corrected chi connectivity index (χ3v) is 5.77. The summed E-state index contributed by atoms with van der Waals surface area (Å²) in [6, 6.07) is 8.25. The Kier molecular flexibility index (Phi) is 5.58. The van der Waals surface area contributed by atoms with Gasteiger partial charge in [0.25, 0.3) is 5.91 Å². The second kappa shape index (κ2) is 7.83. The fourth-order valence-electron chi connectivity index (χ4n) is 3.45. The summed E-state index contributed by atoms with van der Waals surface area (Å²) in [5.41, 5.74) is 2.34. The van der Waals surface area contributed by atoms with Crippen molar-refractivity contribution in [2.45, 2.75) is 52.4 Å². The van der Waals surface area contributed by atoms with Crippen LogP contribution in [0.3, 0.4) is 0 Å². The average Bonchev–Trinajstić information content (AvgIpc) is 3.17. The summed E-state index contributed by atoms with van der Waals surface area (Å²) in [6.07, 6.45) is 4.94. The van der Waals surface area contributed by atoms with E-state index in [2.05, 4.69) is 30.1 Å². The lowest BCUT2D eigenvalue weighted by atomic mass is 9.76. The molecule has 0 saturated heterocycles. The van der Waals surface area contributed by atoms with Gasteiger partial charge in [0.2, 0.25) is 0 Å². The van der Waals surface area contributed by atoms with E-state index in [9.17, 15) is 14.7 Å². The van der Waals surface area contributed by atoms with Crippen molar-refractivity contribution >= 4 is 29.0 Å². The summed E-state index contributed by atoms with van der Waals surface area (Å²) in [4.78, 5) is 27.6. The Balaban J connectivity index is 2.01. The molecule has 0 fully saturated rings. The summed E-state index contributed by atoms with van der Waals surface area (Å²) in [5, 5.41) is 12.5. The normalized spacial score (nSPS) is 15.8.